The molecule has 0 aliphatic carbocycles. The van der Waals surface area contributed by atoms with Crippen molar-refractivity contribution < 1.29 is 9.53 Å². The van der Waals surface area contributed by atoms with Gasteiger partial charge in [0, 0.05) is 18.5 Å². The Hall–Kier alpha value is -0.910. The van der Waals surface area contributed by atoms with E-state index in [1.165, 1.54) is 0 Å². The minimum absolute atomic E-state index is 0. The molecule has 118 valence electrons. The Morgan fingerprint density at radius 3 is 2.86 bits per heavy atom. The highest BCUT2D eigenvalue weighted by Gasteiger charge is 2.24. The van der Waals surface area contributed by atoms with Crippen molar-refractivity contribution in [3.8, 4) is 5.75 Å². The molecule has 1 atom stereocenters. The van der Waals surface area contributed by atoms with Crippen LogP contribution in [0, 0.1) is 0 Å². The summed E-state index contributed by atoms with van der Waals surface area (Å²) >= 11 is 1.66. The first kappa shape index (κ1) is 18.1. The first-order chi connectivity index (χ1) is 9.65. The molecule has 1 aliphatic rings. The van der Waals surface area contributed by atoms with Gasteiger partial charge in [0.05, 0.1) is 13.2 Å². The molecule has 2 rings (SSSR count). The lowest BCUT2D eigenvalue weighted by atomic mass is 10.1. The van der Waals surface area contributed by atoms with Gasteiger partial charge in [-0.1, -0.05) is 6.07 Å². The number of carbonyl (C=O) groups excluding carboxylic acids is 1. The number of halogens is 1. The highest BCUT2D eigenvalue weighted by molar-refractivity contribution is 7.98. The quantitative estimate of drug-likeness (QED) is 0.842. The van der Waals surface area contributed by atoms with Gasteiger partial charge in [0.15, 0.2) is 0 Å². The maximum atomic E-state index is 12.3. The lowest BCUT2D eigenvalue weighted by Crippen LogP contribution is -2.41. The van der Waals surface area contributed by atoms with Crippen LogP contribution in [0.4, 0.5) is 0 Å². The number of rotatable bonds is 5. The van der Waals surface area contributed by atoms with Gasteiger partial charge >= 0.3 is 0 Å². The molecule has 1 unspecified atom stereocenters. The molecule has 1 N–H and O–H groups in total. The van der Waals surface area contributed by atoms with Crippen molar-refractivity contribution in [3.63, 3.8) is 0 Å². The van der Waals surface area contributed by atoms with Crippen LogP contribution in [0.25, 0.3) is 0 Å². The highest BCUT2D eigenvalue weighted by atomic mass is 35.5. The number of ether oxygens (including phenoxy) is 1. The summed E-state index contributed by atoms with van der Waals surface area (Å²) in [4.78, 5) is 15.2. The standard InChI is InChI=1S/C15H22N2O2S.ClH/c1-17(15(18)12-5-4-8-16-12)10-11-6-7-14(20-3)13(9-11)19-2;/h6-7,9,12,16H,4-5,8,10H2,1-3H3;1H. The third-order valence-corrected chi connectivity index (χ3v) is 4.38. The Kier molecular flexibility index (Phi) is 7.35. The molecule has 0 radical (unpaired) electrons. The fourth-order valence-corrected chi connectivity index (χ4v) is 3.04. The topological polar surface area (TPSA) is 41.6 Å². The van der Waals surface area contributed by atoms with Crippen LogP contribution in [-0.2, 0) is 11.3 Å². The first-order valence-corrected chi connectivity index (χ1v) is 8.07. The van der Waals surface area contributed by atoms with Crippen molar-refractivity contribution in [2.45, 2.75) is 30.3 Å². The second-order valence-corrected chi connectivity index (χ2v) is 5.88. The monoisotopic (exact) mass is 330 g/mol. The van der Waals surface area contributed by atoms with Gasteiger partial charge in [-0.05, 0) is 43.3 Å². The van der Waals surface area contributed by atoms with Crippen LogP contribution < -0.4 is 10.1 Å². The zero-order chi connectivity index (χ0) is 14.5. The molecule has 1 heterocycles. The first-order valence-electron chi connectivity index (χ1n) is 6.85. The van der Waals surface area contributed by atoms with E-state index in [2.05, 4.69) is 11.4 Å². The van der Waals surface area contributed by atoms with Crippen LogP contribution in [0.1, 0.15) is 18.4 Å². The second kappa shape index (κ2) is 8.51. The van der Waals surface area contributed by atoms with Gasteiger partial charge in [0.2, 0.25) is 5.91 Å². The summed E-state index contributed by atoms with van der Waals surface area (Å²) < 4.78 is 5.38. The number of carbonyl (C=O) groups is 1. The number of benzene rings is 1. The van der Waals surface area contributed by atoms with Crippen molar-refractivity contribution in [1.82, 2.24) is 10.2 Å². The summed E-state index contributed by atoms with van der Waals surface area (Å²) in [5, 5.41) is 3.24. The fraction of sp³-hybridized carbons (Fsp3) is 0.533. The third kappa shape index (κ3) is 4.53. The maximum Gasteiger partial charge on any atom is 0.239 e. The van der Waals surface area contributed by atoms with Crippen LogP contribution in [0.3, 0.4) is 0 Å². The van der Waals surface area contributed by atoms with Gasteiger partial charge in [0.1, 0.15) is 5.75 Å². The van der Waals surface area contributed by atoms with E-state index in [-0.39, 0.29) is 24.4 Å². The van der Waals surface area contributed by atoms with Crippen molar-refractivity contribution in [2.75, 3.05) is 27.0 Å². The molecule has 1 aromatic carbocycles. The molecule has 4 nitrogen and oxygen atoms in total. The van der Waals surface area contributed by atoms with E-state index in [9.17, 15) is 4.79 Å². The van der Waals surface area contributed by atoms with E-state index in [1.807, 2.05) is 25.4 Å². The lowest BCUT2D eigenvalue weighted by molar-refractivity contribution is -0.132. The van der Waals surface area contributed by atoms with Crippen molar-refractivity contribution in [3.05, 3.63) is 23.8 Å². The van der Waals surface area contributed by atoms with Crippen LogP contribution in [0.2, 0.25) is 0 Å². The largest absolute Gasteiger partial charge is 0.496 e. The molecule has 0 aromatic heterocycles. The smallest absolute Gasteiger partial charge is 0.239 e. The predicted octanol–water partition coefficient (Wildman–Crippen LogP) is 2.55. The molecule has 21 heavy (non-hydrogen) atoms. The number of thioether (sulfide) groups is 1. The average molecular weight is 331 g/mol. The summed E-state index contributed by atoms with van der Waals surface area (Å²) in [5.41, 5.74) is 1.09. The molecular formula is C15H23ClN2O2S. The Bertz CT molecular complexity index is 479. The van der Waals surface area contributed by atoms with E-state index in [0.717, 1.165) is 35.6 Å². The minimum Gasteiger partial charge on any atom is -0.496 e. The predicted molar refractivity (Wildman–Crippen MR) is 89.5 cm³/mol. The molecular weight excluding hydrogens is 308 g/mol. The summed E-state index contributed by atoms with van der Waals surface area (Å²) in [5.74, 6) is 1.05. The molecule has 6 heteroatoms. The summed E-state index contributed by atoms with van der Waals surface area (Å²) in [6.07, 6.45) is 4.05. The molecule has 1 fully saturated rings. The Balaban J connectivity index is 0.00000220. The van der Waals surface area contributed by atoms with Gasteiger partial charge < -0.3 is 15.0 Å². The number of hydrogen-bond donors (Lipinski definition) is 1. The van der Waals surface area contributed by atoms with Crippen molar-refractivity contribution >= 4 is 30.1 Å². The number of methoxy groups -OCH3 is 1. The zero-order valence-corrected chi connectivity index (χ0v) is 14.4. The van der Waals surface area contributed by atoms with Crippen LogP contribution in [-0.4, -0.2) is 43.8 Å². The van der Waals surface area contributed by atoms with Crippen LogP contribution in [0.15, 0.2) is 23.1 Å². The number of hydrogen-bond acceptors (Lipinski definition) is 4. The number of amides is 1. The molecule has 0 saturated carbocycles. The molecule has 1 saturated heterocycles. The number of nitrogens with zero attached hydrogens (tertiary/aromatic N) is 1. The summed E-state index contributed by atoms with van der Waals surface area (Å²) in [6, 6.07) is 6.11. The maximum absolute atomic E-state index is 12.3. The van der Waals surface area contributed by atoms with E-state index in [0.29, 0.717) is 6.54 Å². The van der Waals surface area contributed by atoms with Crippen LogP contribution in [0.5, 0.6) is 5.75 Å². The molecule has 0 spiro atoms. The molecule has 0 bridgehead atoms. The average Bonchev–Trinajstić information content (AvgIpc) is 3.00. The summed E-state index contributed by atoms with van der Waals surface area (Å²) in [6.45, 7) is 1.56. The van der Waals surface area contributed by atoms with Gasteiger partial charge in [0.25, 0.3) is 0 Å². The molecule has 1 aliphatic heterocycles. The SMILES string of the molecule is COc1cc(CN(C)C(=O)C2CCCN2)ccc1SC.Cl. The van der Waals surface area contributed by atoms with Gasteiger partial charge in [-0.2, -0.15) is 0 Å². The third-order valence-electron chi connectivity index (χ3n) is 3.60. The van der Waals surface area contributed by atoms with E-state index in [1.54, 1.807) is 23.8 Å². The van der Waals surface area contributed by atoms with Crippen molar-refractivity contribution in [2.24, 2.45) is 0 Å². The van der Waals surface area contributed by atoms with Gasteiger partial charge in [-0.25, -0.2) is 0 Å². The number of likely N-dealkylation sites (N-methyl/N-ethyl adjacent to an activating group) is 1. The zero-order valence-electron chi connectivity index (χ0n) is 12.7. The van der Waals surface area contributed by atoms with Gasteiger partial charge in [-0.3, -0.25) is 4.79 Å². The Morgan fingerprint density at radius 1 is 1.52 bits per heavy atom. The fourth-order valence-electron chi connectivity index (χ4n) is 2.49. The number of nitrogens with one attached hydrogen (secondary N) is 1. The highest BCUT2D eigenvalue weighted by Crippen LogP contribution is 2.28. The Morgan fingerprint density at radius 2 is 2.29 bits per heavy atom. The van der Waals surface area contributed by atoms with E-state index >= 15 is 0 Å². The molecule has 1 aromatic rings. The second-order valence-electron chi connectivity index (χ2n) is 5.03. The minimum atomic E-state index is -0.00707. The molecule has 1 amide bonds. The Labute approximate surface area is 137 Å². The lowest BCUT2D eigenvalue weighted by Gasteiger charge is -2.21. The van der Waals surface area contributed by atoms with Gasteiger partial charge in [-0.15, -0.1) is 24.2 Å². The summed E-state index contributed by atoms with van der Waals surface area (Å²) in [7, 11) is 3.54. The van der Waals surface area contributed by atoms with Crippen molar-refractivity contribution in [1.29, 1.82) is 0 Å². The van der Waals surface area contributed by atoms with Crippen LogP contribution >= 0.6 is 24.2 Å². The van der Waals surface area contributed by atoms with E-state index in [4.69, 9.17) is 4.74 Å². The normalized spacial score (nSPS) is 17.2. The van der Waals surface area contributed by atoms with E-state index < -0.39 is 0 Å².